The van der Waals surface area contributed by atoms with Crippen LogP contribution in [0, 0.1) is 17.8 Å². The first-order valence-electron chi connectivity index (χ1n) is 22.5. The maximum Gasteiger partial charge on any atom is 0.239 e. The summed E-state index contributed by atoms with van der Waals surface area (Å²) in [5.74, 6) is 1.30. The van der Waals surface area contributed by atoms with Crippen LogP contribution in [-0.2, 0) is 20.8 Å². The predicted molar refractivity (Wildman–Crippen MR) is 247 cm³/mol. The summed E-state index contributed by atoms with van der Waals surface area (Å²) in [5.41, 5.74) is 3.12. The molecule has 3 aromatic carbocycles. The third-order valence-corrected chi connectivity index (χ3v) is 13.1. The van der Waals surface area contributed by atoms with Gasteiger partial charge in [0.25, 0.3) is 0 Å². The molecule has 1 fully saturated rings. The molecule has 62 heavy (non-hydrogen) atoms. The van der Waals surface area contributed by atoms with Crippen LogP contribution >= 0.6 is 11.8 Å². The van der Waals surface area contributed by atoms with Crippen LogP contribution in [0.15, 0.2) is 107 Å². The van der Waals surface area contributed by atoms with E-state index in [1.165, 1.54) is 4.90 Å². The molecule has 6 atom stereocenters. The van der Waals surface area contributed by atoms with E-state index in [0.29, 0.717) is 43.9 Å². The van der Waals surface area contributed by atoms with Crippen molar-refractivity contribution in [2.45, 2.75) is 114 Å². The number of amides is 1. The number of oxime groups is 1. The van der Waals surface area contributed by atoms with Crippen LogP contribution in [0.1, 0.15) is 96.1 Å². The Hall–Kier alpha value is -4.29. The molecule has 2 N–H and O–H groups in total. The SMILES string of the molecule is C=CCOC12Oc3ccc(OCCSc4ccccc4)cc3C3C(CCCCO)C(CCCCO)C=C(C(=NOC(C)(C)C)CC1N(CCC)C(=O)Cc1cccc(OC)c1)C32. The predicted octanol–water partition coefficient (Wildman–Crippen LogP) is 9.78. The first kappa shape index (κ1) is 47.2. The minimum Gasteiger partial charge on any atom is -0.497 e. The highest BCUT2D eigenvalue weighted by atomic mass is 32.2. The Morgan fingerprint density at radius 2 is 1.77 bits per heavy atom. The van der Waals surface area contributed by atoms with Gasteiger partial charge in [0.15, 0.2) is 0 Å². The first-order chi connectivity index (χ1) is 30.0. The van der Waals surface area contributed by atoms with Crippen LogP contribution in [0.4, 0.5) is 0 Å². The molecule has 1 aliphatic heterocycles. The second-order valence-corrected chi connectivity index (χ2v) is 18.8. The van der Waals surface area contributed by atoms with E-state index in [1.54, 1.807) is 24.9 Å². The number of hydrogen-bond donors (Lipinski definition) is 2. The van der Waals surface area contributed by atoms with Gasteiger partial charge in [0, 0.05) is 48.3 Å². The summed E-state index contributed by atoms with van der Waals surface area (Å²) in [5, 5.41) is 24.9. The lowest BCUT2D eigenvalue weighted by Gasteiger charge is -2.60. The zero-order chi connectivity index (χ0) is 44.1. The molecule has 2 aliphatic carbocycles. The number of ether oxygens (including phenoxy) is 4. The minimum atomic E-state index is -1.32. The standard InChI is InChI=1S/C51H68N2O8S/c1-7-25-53(47(56)32-36-17-16-19-38(31-36)57-6)46-35-44(52-61-50(3,4)5)42-33-37(18-12-14-26-54)41(22-13-15-27-55)48-43-34-39(58-29-30-62-40-20-10-9-11-21-40)23-24-45(43)60-51(46,49(42)48)59-28-8-2/h8-11,16-17,19-21,23-24,31,33-34,37,41,46,48-49,54-55H,2,7,12-15,18,22,25-30,32,35H2,1,3-6H3. The molecule has 6 rings (SSSR count). The average molecular weight is 869 g/mol. The van der Waals surface area contributed by atoms with E-state index in [9.17, 15) is 15.0 Å². The third-order valence-electron chi connectivity index (χ3n) is 12.1. The molecular formula is C51H68N2O8S. The molecule has 10 nitrogen and oxygen atoms in total. The topological polar surface area (TPSA) is 119 Å². The highest BCUT2D eigenvalue weighted by Gasteiger charge is 2.65. The summed E-state index contributed by atoms with van der Waals surface area (Å²) in [6, 6.07) is 23.6. The number of methoxy groups -OCH3 is 1. The van der Waals surface area contributed by atoms with E-state index in [-0.39, 0.29) is 49.9 Å². The number of aliphatic hydroxyl groups excluding tert-OH is 2. The Bertz CT molecular complexity index is 1980. The fourth-order valence-corrected chi connectivity index (χ4v) is 10.3. The maximum absolute atomic E-state index is 14.9. The number of benzene rings is 3. The molecule has 11 heteroatoms. The van der Waals surface area contributed by atoms with Crippen molar-refractivity contribution in [2.75, 3.05) is 45.8 Å². The number of carbonyl (C=O) groups is 1. The van der Waals surface area contributed by atoms with Crippen LogP contribution < -0.4 is 14.2 Å². The summed E-state index contributed by atoms with van der Waals surface area (Å²) >= 11 is 1.76. The van der Waals surface area contributed by atoms with Crippen molar-refractivity contribution in [3.63, 3.8) is 0 Å². The molecule has 3 aromatic rings. The van der Waals surface area contributed by atoms with Crippen molar-refractivity contribution < 1.29 is 38.8 Å². The van der Waals surface area contributed by atoms with E-state index in [0.717, 1.165) is 66.0 Å². The van der Waals surface area contributed by atoms with Gasteiger partial charge in [-0.05, 0) is 118 Å². The smallest absolute Gasteiger partial charge is 0.239 e. The maximum atomic E-state index is 14.9. The van der Waals surface area contributed by atoms with Crippen molar-refractivity contribution >= 4 is 23.4 Å². The number of allylic oxidation sites excluding steroid dienone is 1. The summed E-state index contributed by atoms with van der Waals surface area (Å²) in [7, 11) is 1.63. The Labute approximate surface area is 373 Å². The molecule has 0 bridgehead atoms. The number of nitrogens with zero attached hydrogens (tertiary/aromatic N) is 2. The van der Waals surface area contributed by atoms with Crippen LogP contribution in [0.3, 0.4) is 0 Å². The fourth-order valence-electron chi connectivity index (χ4n) is 9.52. The van der Waals surface area contributed by atoms with Crippen LogP contribution in [0.5, 0.6) is 17.2 Å². The second kappa shape index (κ2) is 22.4. The summed E-state index contributed by atoms with van der Waals surface area (Å²) in [6.45, 7) is 13.6. The zero-order valence-corrected chi connectivity index (χ0v) is 38.2. The van der Waals surface area contributed by atoms with Gasteiger partial charge in [0.2, 0.25) is 11.7 Å². The molecule has 1 amide bonds. The van der Waals surface area contributed by atoms with E-state index in [1.807, 2.05) is 80.3 Å². The summed E-state index contributed by atoms with van der Waals surface area (Å²) < 4.78 is 26.6. The number of rotatable bonds is 23. The highest BCUT2D eigenvalue weighted by Crippen LogP contribution is 2.62. The zero-order valence-electron chi connectivity index (χ0n) is 37.4. The molecule has 0 saturated heterocycles. The number of fused-ring (bicyclic) bond motifs is 2. The summed E-state index contributed by atoms with van der Waals surface area (Å²) in [4.78, 5) is 24.4. The van der Waals surface area contributed by atoms with Crippen molar-refractivity contribution in [3.8, 4) is 17.2 Å². The van der Waals surface area contributed by atoms with E-state index < -0.39 is 23.3 Å². The quantitative estimate of drug-likeness (QED) is 0.0416. The normalized spacial score (nSPS) is 23.4. The second-order valence-electron chi connectivity index (χ2n) is 17.6. The van der Waals surface area contributed by atoms with Gasteiger partial charge >= 0.3 is 0 Å². The fraction of sp³-hybridized carbons (Fsp3) is 0.529. The summed E-state index contributed by atoms with van der Waals surface area (Å²) in [6.07, 6.45) is 10.2. The molecule has 1 heterocycles. The molecule has 0 spiro atoms. The number of aliphatic hydroxyl groups is 2. The lowest BCUT2D eigenvalue weighted by Crippen LogP contribution is -2.70. The third kappa shape index (κ3) is 11.4. The Kier molecular flexibility index (Phi) is 17.0. The van der Waals surface area contributed by atoms with Gasteiger partial charge < -0.3 is 38.9 Å². The van der Waals surface area contributed by atoms with Crippen LogP contribution in [-0.4, -0.2) is 90.0 Å². The van der Waals surface area contributed by atoms with Gasteiger partial charge in [0.1, 0.15) is 28.9 Å². The van der Waals surface area contributed by atoms with Crippen LogP contribution in [0.25, 0.3) is 0 Å². The Balaban J connectivity index is 1.52. The Morgan fingerprint density at radius 1 is 1.00 bits per heavy atom. The Morgan fingerprint density at radius 3 is 2.48 bits per heavy atom. The van der Waals surface area contributed by atoms with Gasteiger partial charge in [-0.2, -0.15) is 0 Å². The van der Waals surface area contributed by atoms with E-state index >= 15 is 0 Å². The molecule has 1 saturated carbocycles. The van der Waals surface area contributed by atoms with Crippen molar-refractivity contribution in [3.05, 3.63) is 108 Å². The average Bonchev–Trinajstić information content (AvgIpc) is 3.27. The monoisotopic (exact) mass is 868 g/mol. The lowest BCUT2D eigenvalue weighted by atomic mass is 9.55. The molecular weight excluding hydrogens is 801 g/mol. The van der Waals surface area contributed by atoms with E-state index in [4.69, 9.17) is 28.9 Å². The van der Waals surface area contributed by atoms with E-state index in [2.05, 4.69) is 37.8 Å². The number of unbranched alkanes of at least 4 members (excludes halogenated alkanes) is 2. The van der Waals surface area contributed by atoms with Crippen molar-refractivity contribution in [2.24, 2.45) is 22.9 Å². The first-order valence-corrected chi connectivity index (χ1v) is 23.5. The van der Waals surface area contributed by atoms with Gasteiger partial charge in [-0.25, -0.2) is 0 Å². The molecule has 336 valence electrons. The molecule has 0 aromatic heterocycles. The minimum absolute atomic E-state index is 0.0459. The van der Waals surface area contributed by atoms with Crippen LogP contribution in [0.2, 0.25) is 0 Å². The molecule has 6 unspecified atom stereocenters. The van der Waals surface area contributed by atoms with Gasteiger partial charge in [-0.15, -0.1) is 18.3 Å². The van der Waals surface area contributed by atoms with Gasteiger partial charge in [0.05, 0.1) is 38.4 Å². The number of carbonyl (C=O) groups excluding carboxylic acids is 1. The van der Waals surface area contributed by atoms with Crippen molar-refractivity contribution in [1.29, 1.82) is 0 Å². The lowest BCUT2D eigenvalue weighted by molar-refractivity contribution is -0.257. The molecule has 3 aliphatic rings. The number of hydrogen-bond acceptors (Lipinski definition) is 10. The molecule has 0 radical (unpaired) electrons. The number of thioether (sulfide) groups is 1. The van der Waals surface area contributed by atoms with Gasteiger partial charge in [-0.1, -0.05) is 67.4 Å². The van der Waals surface area contributed by atoms with Gasteiger partial charge in [-0.3, -0.25) is 4.79 Å². The van der Waals surface area contributed by atoms with Crippen molar-refractivity contribution in [1.82, 2.24) is 4.90 Å². The highest BCUT2D eigenvalue weighted by molar-refractivity contribution is 7.99. The largest absolute Gasteiger partial charge is 0.497 e.